The predicted molar refractivity (Wildman–Crippen MR) is 123 cm³/mol. The van der Waals surface area contributed by atoms with E-state index in [0.29, 0.717) is 38.4 Å². The molecule has 0 saturated carbocycles. The van der Waals surface area contributed by atoms with Gasteiger partial charge in [-0.2, -0.15) is 9.61 Å². The second kappa shape index (κ2) is 8.44. The van der Waals surface area contributed by atoms with Gasteiger partial charge in [-0.05, 0) is 26.0 Å². The molecule has 9 heteroatoms. The van der Waals surface area contributed by atoms with Gasteiger partial charge in [0.2, 0.25) is 10.9 Å². The summed E-state index contributed by atoms with van der Waals surface area (Å²) in [6.07, 6.45) is 1.63. The van der Waals surface area contributed by atoms with Gasteiger partial charge in [-0.15, -0.1) is 0 Å². The van der Waals surface area contributed by atoms with Crippen LogP contribution in [0.3, 0.4) is 0 Å². The van der Waals surface area contributed by atoms with Gasteiger partial charge >= 0.3 is 5.97 Å². The number of hydrogen-bond acceptors (Lipinski definition) is 8. The Labute approximate surface area is 192 Å². The Balaban J connectivity index is 1.38. The van der Waals surface area contributed by atoms with Gasteiger partial charge < -0.3 is 9.15 Å². The smallest absolute Gasteiger partial charge is 0.339 e. The number of ether oxygens (including phenoxy) is 1. The SMILES string of the molecule is Cc1ccc(-c2cnc(-c3ccccc3C(=O)OCc3nn4c(=O)cc(C)nc4s3)o2)cc1. The summed E-state index contributed by atoms with van der Waals surface area (Å²) in [5.41, 5.74) is 3.23. The second-order valence-corrected chi connectivity index (χ2v) is 8.48. The monoisotopic (exact) mass is 458 g/mol. The second-order valence-electron chi connectivity index (χ2n) is 7.44. The summed E-state index contributed by atoms with van der Waals surface area (Å²) in [6, 6.07) is 16.3. The van der Waals surface area contributed by atoms with Crippen molar-refractivity contribution >= 4 is 22.3 Å². The summed E-state index contributed by atoms with van der Waals surface area (Å²) in [7, 11) is 0. The standard InChI is InChI=1S/C24H18N4O4S/c1-14-7-9-16(10-8-14)19-12-25-22(32-19)17-5-3-4-6-18(17)23(30)31-13-20-27-28-21(29)11-15(2)26-24(28)33-20/h3-12H,13H2,1-2H3. The summed E-state index contributed by atoms with van der Waals surface area (Å²) in [5, 5.41) is 4.66. The van der Waals surface area contributed by atoms with E-state index in [9.17, 15) is 9.59 Å². The summed E-state index contributed by atoms with van der Waals surface area (Å²) in [6.45, 7) is 3.67. The Bertz CT molecular complexity index is 1530. The summed E-state index contributed by atoms with van der Waals surface area (Å²) in [4.78, 5) is 34.0. The van der Waals surface area contributed by atoms with Crippen molar-refractivity contribution in [2.75, 3.05) is 0 Å². The average Bonchev–Trinajstić information content (AvgIpc) is 3.45. The molecule has 0 aliphatic heterocycles. The molecule has 0 radical (unpaired) electrons. The lowest BCUT2D eigenvalue weighted by atomic mass is 10.1. The van der Waals surface area contributed by atoms with E-state index in [1.54, 1.807) is 37.4 Å². The predicted octanol–water partition coefficient (Wildman–Crippen LogP) is 4.45. The van der Waals surface area contributed by atoms with Crippen molar-refractivity contribution in [3.63, 3.8) is 0 Å². The van der Waals surface area contributed by atoms with Crippen LogP contribution in [0.2, 0.25) is 0 Å². The highest BCUT2D eigenvalue weighted by Crippen LogP contribution is 2.29. The van der Waals surface area contributed by atoms with Crippen LogP contribution in [0.4, 0.5) is 0 Å². The van der Waals surface area contributed by atoms with Crippen molar-refractivity contribution in [1.29, 1.82) is 0 Å². The van der Waals surface area contributed by atoms with E-state index in [1.165, 1.54) is 21.9 Å². The van der Waals surface area contributed by atoms with Gasteiger partial charge in [0, 0.05) is 17.3 Å². The molecule has 5 rings (SSSR count). The number of rotatable bonds is 5. The van der Waals surface area contributed by atoms with Gasteiger partial charge in [-0.3, -0.25) is 4.79 Å². The Morgan fingerprint density at radius 2 is 1.91 bits per heavy atom. The highest BCUT2D eigenvalue weighted by atomic mass is 32.1. The zero-order valence-corrected chi connectivity index (χ0v) is 18.6. The van der Waals surface area contributed by atoms with Crippen LogP contribution in [-0.2, 0) is 11.3 Å². The van der Waals surface area contributed by atoms with Crippen molar-refractivity contribution in [2.45, 2.75) is 20.5 Å². The molecule has 33 heavy (non-hydrogen) atoms. The number of carbonyl (C=O) groups is 1. The zero-order valence-electron chi connectivity index (χ0n) is 17.8. The van der Waals surface area contributed by atoms with Gasteiger partial charge in [-0.1, -0.05) is 53.3 Å². The van der Waals surface area contributed by atoms with Crippen molar-refractivity contribution in [3.8, 4) is 22.8 Å². The molecule has 0 amide bonds. The Morgan fingerprint density at radius 3 is 2.73 bits per heavy atom. The van der Waals surface area contributed by atoms with E-state index in [0.717, 1.165) is 11.1 Å². The van der Waals surface area contributed by atoms with Crippen LogP contribution in [0, 0.1) is 13.8 Å². The molecule has 0 atom stereocenters. The van der Waals surface area contributed by atoms with E-state index in [2.05, 4.69) is 15.1 Å². The van der Waals surface area contributed by atoms with Crippen LogP contribution < -0.4 is 5.56 Å². The third-order valence-corrected chi connectivity index (χ3v) is 5.84. The number of fused-ring (bicyclic) bond motifs is 1. The molecular formula is C24H18N4O4S. The number of aromatic nitrogens is 4. The summed E-state index contributed by atoms with van der Waals surface area (Å²) >= 11 is 1.20. The number of nitrogens with zero attached hydrogens (tertiary/aromatic N) is 4. The van der Waals surface area contributed by atoms with Crippen molar-refractivity contribution in [1.82, 2.24) is 19.6 Å². The molecular weight excluding hydrogens is 440 g/mol. The van der Waals surface area contributed by atoms with E-state index >= 15 is 0 Å². The molecule has 0 aliphatic carbocycles. The number of benzene rings is 2. The lowest BCUT2D eigenvalue weighted by Crippen LogP contribution is -2.14. The fraction of sp³-hybridized carbons (Fsp3) is 0.125. The first kappa shape index (κ1) is 20.8. The fourth-order valence-corrected chi connectivity index (χ4v) is 4.18. The molecule has 5 aromatic rings. The molecule has 0 aliphatic rings. The number of esters is 1. The molecule has 0 bridgehead atoms. The molecule has 0 unspecified atom stereocenters. The van der Waals surface area contributed by atoms with E-state index in [4.69, 9.17) is 9.15 Å². The fourth-order valence-electron chi connectivity index (χ4n) is 3.32. The molecule has 0 spiro atoms. The summed E-state index contributed by atoms with van der Waals surface area (Å²) in [5.74, 6) is 0.386. The first-order valence-corrected chi connectivity index (χ1v) is 11.0. The third-order valence-electron chi connectivity index (χ3n) is 4.96. The molecule has 0 saturated heterocycles. The summed E-state index contributed by atoms with van der Waals surface area (Å²) < 4.78 is 12.6. The number of carbonyl (C=O) groups excluding carboxylic acids is 1. The normalized spacial score (nSPS) is 11.1. The van der Waals surface area contributed by atoms with Crippen molar-refractivity contribution in [3.05, 3.63) is 93.0 Å². The highest BCUT2D eigenvalue weighted by Gasteiger charge is 2.19. The van der Waals surface area contributed by atoms with Crippen molar-refractivity contribution < 1.29 is 13.9 Å². The van der Waals surface area contributed by atoms with Gasteiger partial charge in [-0.25, -0.2) is 14.8 Å². The first-order chi connectivity index (χ1) is 16.0. The van der Waals surface area contributed by atoms with Gasteiger partial charge in [0.05, 0.1) is 17.3 Å². The van der Waals surface area contributed by atoms with Crippen LogP contribution in [0.25, 0.3) is 27.7 Å². The maximum atomic E-state index is 12.9. The first-order valence-electron chi connectivity index (χ1n) is 10.1. The Kier molecular flexibility index (Phi) is 5.31. The molecule has 164 valence electrons. The lowest BCUT2D eigenvalue weighted by Gasteiger charge is -2.06. The maximum absolute atomic E-state index is 12.9. The average molecular weight is 458 g/mol. The lowest BCUT2D eigenvalue weighted by molar-refractivity contribution is 0.0472. The molecule has 3 heterocycles. The molecule has 0 N–H and O–H groups in total. The van der Waals surface area contributed by atoms with E-state index in [1.807, 2.05) is 31.2 Å². The van der Waals surface area contributed by atoms with Crippen LogP contribution in [0.1, 0.15) is 26.6 Å². The Hall–Kier alpha value is -4.11. The largest absolute Gasteiger partial charge is 0.455 e. The van der Waals surface area contributed by atoms with Crippen molar-refractivity contribution in [2.24, 2.45) is 0 Å². The minimum Gasteiger partial charge on any atom is -0.455 e. The van der Waals surface area contributed by atoms with E-state index < -0.39 is 5.97 Å². The number of hydrogen-bond donors (Lipinski definition) is 0. The molecule has 8 nitrogen and oxygen atoms in total. The van der Waals surface area contributed by atoms with Gasteiger partial charge in [0.1, 0.15) is 6.61 Å². The number of oxazole rings is 1. The molecule has 0 fully saturated rings. The quantitative estimate of drug-likeness (QED) is 0.359. The minimum absolute atomic E-state index is 0.0835. The van der Waals surface area contributed by atoms with Crippen LogP contribution in [0.5, 0.6) is 0 Å². The van der Waals surface area contributed by atoms with Crippen LogP contribution >= 0.6 is 11.3 Å². The minimum atomic E-state index is -0.545. The van der Waals surface area contributed by atoms with Crippen LogP contribution in [-0.4, -0.2) is 25.6 Å². The highest BCUT2D eigenvalue weighted by molar-refractivity contribution is 7.16. The van der Waals surface area contributed by atoms with Gasteiger partial charge in [0.25, 0.3) is 5.56 Å². The zero-order chi connectivity index (χ0) is 22.9. The van der Waals surface area contributed by atoms with Crippen LogP contribution in [0.15, 0.2) is 70.0 Å². The number of aryl methyl sites for hydroxylation is 2. The Morgan fingerprint density at radius 1 is 1.12 bits per heavy atom. The van der Waals surface area contributed by atoms with E-state index in [-0.39, 0.29) is 12.2 Å². The topological polar surface area (TPSA) is 99.6 Å². The molecule has 2 aromatic carbocycles. The maximum Gasteiger partial charge on any atom is 0.339 e. The molecule has 3 aromatic heterocycles. The third kappa shape index (κ3) is 4.18. The van der Waals surface area contributed by atoms with Gasteiger partial charge in [0.15, 0.2) is 10.8 Å².